The molecule has 214 valence electrons. The summed E-state index contributed by atoms with van der Waals surface area (Å²) in [4.78, 5) is 37.5. The number of hydrogen-bond acceptors (Lipinski definition) is 9. The van der Waals surface area contributed by atoms with Crippen LogP contribution < -0.4 is 15.6 Å². The molecule has 4 aromatic rings. The van der Waals surface area contributed by atoms with Gasteiger partial charge in [-0.05, 0) is 42.8 Å². The van der Waals surface area contributed by atoms with Crippen molar-refractivity contribution in [2.45, 2.75) is 13.5 Å². The van der Waals surface area contributed by atoms with Crippen molar-refractivity contribution >= 4 is 45.9 Å². The summed E-state index contributed by atoms with van der Waals surface area (Å²) < 4.78 is 31.4. The topological polar surface area (TPSA) is 108 Å². The van der Waals surface area contributed by atoms with Crippen LogP contribution in [0.3, 0.4) is 0 Å². The van der Waals surface area contributed by atoms with Crippen molar-refractivity contribution in [2.75, 3.05) is 56.8 Å². The van der Waals surface area contributed by atoms with Crippen molar-refractivity contribution in [1.82, 2.24) is 14.5 Å². The number of rotatable bonds is 9. The first-order valence-corrected chi connectivity index (χ1v) is 13.5. The third kappa shape index (κ3) is 6.17. The second-order valence-corrected chi connectivity index (χ2v) is 9.70. The monoisotopic (exact) mass is 581 g/mol. The largest absolute Gasteiger partial charge is 0.462 e. The van der Waals surface area contributed by atoms with Crippen LogP contribution in [0.4, 0.5) is 21.8 Å². The van der Waals surface area contributed by atoms with Crippen LogP contribution >= 0.6 is 11.6 Å². The standard InChI is InChI=1S/C29H29ClFN5O5/c1-3-41-28(38)22-17-36(8-11-39-2)25-7-4-18(14-20(25)26(22)37)21-16-32-29(33-19-5-6-24(31)23(30)15-19)34-27(21)35-9-12-40-13-10-35/h4-7,14-17H,3,8-13H2,1-2H3,(H,32,33,34). The van der Waals surface area contributed by atoms with E-state index < -0.39 is 17.2 Å². The maximum atomic E-state index is 13.7. The van der Waals surface area contributed by atoms with Crippen LogP contribution in [0.2, 0.25) is 5.02 Å². The number of esters is 1. The Hall–Kier alpha value is -4.06. The average Bonchev–Trinajstić information content (AvgIpc) is 2.99. The van der Waals surface area contributed by atoms with E-state index in [0.717, 1.165) is 0 Å². The molecular formula is C29H29ClFN5O5. The van der Waals surface area contributed by atoms with Gasteiger partial charge in [-0.15, -0.1) is 0 Å². The molecule has 1 N–H and O–H groups in total. The number of pyridine rings is 1. The molecule has 0 radical (unpaired) electrons. The van der Waals surface area contributed by atoms with Crippen LogP contribution in [0.1, 0.15) is 17.3 Å². The molecule has 41 heavy (non-hydrogen) atoms. The minimum absolute atomic E-state index is 0.0190. The summed E-state index contributed by atoms with van der Waals surface area (Å²) in [6.45, 7) is 4.96. The first-order chi connectivity index (χ1) is 19.9. The zero-order valence-electron chi connectivity index (χ0n) is 22.7. The number of carbonyl (C=O) groups is 1. The van der Waals surface area contributed by atoms with Gasteiger partial charge in [-0.1, -0.05) is 17.7 Å². The molecule has 0 atom stereocenters. The van der Waals surface area contributed by atoms with Crippen molar-refractivity contribution < 1.29 is 23.4 Å². The SMILES string of the molecule is CCOC(=O)c1cn(CCOC)c2ccc(-c3cnc(Nc4ccc(F)c(Cl)c4)nc3N3CCOCC3)cc2c1=O. The number of morpholine rings is 1. The van der Waals surface area contributed by atoms with Crippen molar-refractivity contribution in [3.63, 3.8) is 0 Å². The summed E-state index contributed by atoms with van der Waals surface area (Å²) >= 11 is 5.94. The number of ether oxygens (including phenoxy) is 3. The molecular weight excluding hydrogens is 553 g/mol. The lowest BCUT2D eigenvalue weighted by Crippen LogP contribution is -2.37. The van der Waals surface area contributed by atoms with E-state index in [4.69, 9.17) is 30.8 Å². The minimum Gasteiger partial charge on any atom is -0.462 e. The lowest BCUT2D eigenvalue weighted by molar-refractivity contribution is 0.0524. The Labute approximate surface area is 240 Å². The molecule has 10 nitrogen and oxygen atoms in total. The Bertz CT molecular complexity index is 1640. The summed E-state index contributed by atoms with van der Waals surface area (Å²) in [5.41, 5.74) is 2.12. The highest BCUT2D eigenvalue weighted by atomic mass is 35.5. The van der Waals surface area contributed by atoms with E-state index in [1.807, 2.05) is 16.7 Å². The van der Waals surface area contributed by atoms with E-state index in [1.165, 1.54) is 18.3 Å². The molecule has 1 aliphatic heterocycles. The summed E-state index contributed by atoms with van der Waals surface area (Å²) in [6.07, 6.45) is 3.19. The third-order valence-electron chi connectivity index (χ3n) is 6.68. The van der Waals surface area contributed by atoms with Gasteiger partial charge in [0.15, 0.2) is 0 Å². The zero-order valence-corrected chi connectivity index (χ0v) is 23.4. The number of hydrogen-bond donors (Lipinski definition) is 1. The third-order valence-corrected chi connectivity index (χ3v) is 6.97. The molecule has 1 fully saturated rings. The van der Waals surface area contributed by atoms with Crippen molar-refractivity contribution in [3.05, 3.63) is 75.4 Å². The number of aromatic nitrogens is 3. The van der Waals surface area contributed by atoms with E-state index >= 15 is 0 Å². The molecule has 0 aliphatic carbocycles. The number of nitrogens with one attached hydrogen (secondary N) is 1. The van der Waals surface area contributed by atoms with Crippen molar-refractivity contribution in [2.24, 2.45) is 0 Å². The number of halogens is 2. The van der Waals surface area contributed by atoms with E-state index in [1.54, 1.807) is 32.4 Å². The Balaban J connectivity index is 1.62. The predicted molar refractivity (Wildman–Crippen MR) is 155 cm³/mol. The number of anilines is 3. The van der Waals surface area contributed by atoms with Crippen LogP contribution in [-0.4, -0.2) is 67.1 Å². The molecule has 2 aromatic carbocycles. The fraction of sp³-hybridized carbons (Fsp3) is 0.310. The first-order valence-electron chi connectivity index (χ1n) is 13.1. The van der Waals surface area contributed by atoms with E-state index in [-0.39, 0.29) is 17.2 Å². The van der Waals surface area contributed by atoms with Gasteiger partial charge in [0.1, 0.15) is 17.2 Å². The van der Waals surface area contributed by atoms with Crippen LogP contribution in [-0.2, 0) is 20.8 Å². The first kappa shape index (κ1) is 28.5. The zero-order chi connectivity index (χ0) is 28.9. The van der Waals surface area contributed by atoms with Gasteiger partial charge in [-0.3, -0.25) is 4.79 Å². The van der Waals surface area contributed by atoms with Gasteiger partial charge >= 0.3 is 5.97 Å². The van der Waals surface area contributed by atoms with Crippen LogP contribution in [0, 0.1) is 5.82 Å². The van der Waals surface area contributed by atoms with E-state index in [2.05, 4.69) is 15.2 Å². The smallest absolute Gasteiger partial charge is 0.343 e. The summed E-state index contributed by atoms with van der Waals surface area (Å²) in [6, 6.07) is 9.75. The number of benzene rings is 2. The Kier molecular flexibility index (Phi) is 8.77. The maximum Gasteiger partial charge on any atom is 0.343 e. The van der Waals surface area contributed by atoms with Crippen LogP contribution in [0.5, 0.6) is 0 Å². The highest BCUT2D eigenvalue weighted by molar-refractivity contribution is 6.31. The molecule has 1 saturated heterocycles. The van der Waals surface area contributed by atoms with Gasteiger partial charge in [0.25, 0.3) is 0 Å². The Morgan fingerprint density at radius 2 is 2.00 bits per heavy atom. The second-order valence-electron chi connectivity index (χ2n) is 9.29. The molecule has 12 heteroatoms. The highest BCUT2D eigenvalue weighted by Gasteiger charge is 2.21. The number of methoxy groups -OCH3 is 1. The molecule has 0 bridgehead atoms. The second kappa shape index (κ2) is 12.6. The van der Waals surface area contributed by atoms with Gasteiger partial charge < -0.3 is 29.0 Å². The summed E-state index contributed by atoms with van der Waals surface area (Å²) in [7, 11) is 1.59. The lowest BCUT2D eigenvalue weighted by atomic mass is 10.0. The molecule has 2 aromatic heterocycles. The summed E-state index contributed by atoms with van der Waals surface area (Å²) in [5, 5.41) is 3.42. The van der Waals surface area contributed by atoms with Crippen molar-refractivity contribution in [1.29, 1.82) is 0 Å². The molecule has 3 heterocycles. The molecule has 0 spiro atoms. The normalized spacial score (nSPS) is 13.4. The van der Waals surface area contributed by atoms with Crippen LogP contribution in [0.15, 0.2) is 53.6 Å². The molecule has 0 amide bonds. The molecule has 0 saturated carbocycles. The fourth-order valence-electron chi connectivity index (χ4n) is 4.65. The van der Waals surface area contributed by atoms with Gasteiger partial charge in [0.05, 0.1) is 37.0 Å². The number of fused-ring (bicyclic) bond motifs is 1. The lowest BCUT2D eigenvalue weighted by Gasteiger charge is -2.29. The quantitative estimate of drug-likeness (QED) is 0.282. The van der Waals surface area contributed by atoms with Gasteiger partial charge in [0.2, 0.25) is 11.4 Å². The molecule has 0 unspecified atom stereocenters. The maximum absolute atomic E-state index is 13.7. The number of carbonyl (C=O) groups excluding carboxylic acids is 1. The van der Waals surface area contributed by atoms with Gasteiger partial charge in [-0.2, -0.15) is 4.98 Å². The Morgan fingerprint density at radius 1 is 1.20 bits per heavy atom. The fourth-order valence-corrected chi connectivity index (χ4v) is 4.83. The van der Waals surface area contributed by atoms with Crippen LogP contribution in [0.25, 0.3) is 22.0 Å². The summed E-state index contributed by atoms with van der Waals surface area (Å²) in [5.74, 6) is -0.263. The van der Waals surface area contributed by atoms with Gasteiger partial charge in [-0.25, -0.2) is 14.2 Å². The highest BCUT2D eigenvalue weighted by Crippen LogP contribution is 2.33. The molecule has 5 rings (SSSR count). The van der Waals surface area contributed by atoms with E-state index in [9.17, 15) is 14.0 Å². The molecule has 1 aliphatic rings. The number of nitrogens with zero attached hydrogens (tertiary/aromatic N) is 4. The predicted octanol–water partition coefficient (Wildman–Crippen LogP) is 4.65. The minimum atomic E-state index is -0.676. The Morgan fingerprint density at radius 3 is 2.73 bits per heavy atom. The van der Waals surface area contributed by atoms with Gasteiger partial charge in [0, 0.05) is 55.8 Å². The van der Waals surface area contributed by atoms with Crippen molar-refractivity contribution in [3.8, 4) is 11.1 Å². The van der Waals surface area contributed by atoms with E-state index in [0.29, 0.717) is 78.9 Å². The average molecular weight is 582 g/mol.